The molecule has 0 fully saturated rings. The van der Waals surface area contributed by atoms with E-state index in [0.29, 0.717) is 22.5 Å². The predicted molar refractivity (Wildman–Crippen MR) is 189 cm³/mol. The van der Waals surface area contributed by atoms with Crippen LogP contribution in [0.4, 0.5) is 23.3 Å². The van der Waals surface area contributed by atoms with Gasteiger partial charge in [0, 0.05) is 65.4 Å². The number of phenolic OH excluding ortho intramolecular Hbond substituents is 2. The summed E-state index contributed by atoms with van der Waals surface area (Å²) in [4.78, 5) is 23.9. The summed E-state index contributed by atoms with van der Waals surface area (Å²) in [5, 5.41) is 19.4. The molecule has 6 rings (SSSR count). The van der Waals surface area contributed by atoms with Crippen molar-refractivity contribution in [1.82, 2.24) is 19.9 Å². The Balaban J connectivity index is 0.000000224. The van der Waals surface area contributed by atoms with Crippen LogP contribution in [-0.4, -0.2) is 59.4 Å². The third-order valence-corrected chi connectivity index (χ3v) is 9.14. The standard InChI is InChI=1S/2C17H14N4O3S.Cu/c2*22-16-5-2-1-4-13(16)12-20-14-6-8-15(9-7-14)25(23,24)21-17-18-10-3-11-19-17;/h2*1-12,22H,(H,18,19,21);. The molecule has 14 nitrogen and oxygen atoms in total. The van der Waals surface area contributed by atoms with Gasteiger partial charge in [-0.05, 0) is 84.9 Å². The van der Waals surface area contributed by atoms with E-state index < -0.39 is 20.0 Å². The van der Waals surface area contributed by atoms with Gasteiger partial charge in [0.15, 0.2) is 0 Å². The minimum Gasteiger partial charge on any atom is -0.507 e. The molecule has 0 aliphatic rings. The molecule has 17 heteroatoms. The number of phenols is 2. The average Bonchev–Trinajstić information content (AvgIpc) is 3.12. The monoisotopic (exact) mass is 771 g/mol. The molecule has 4 aromatic carbocycles. The maximum absolute atomic E-state index is 12.3. The van der Waals surface area contributed by atoms with Crippen molar-refractivity contribution in [3.05, 3.63) is 145 Å². The number of rotatable bonds is 10. The van der Waals surface area contributed by atoms with Gasteiger partial charge in [-0.1, -0.05) is 24.3 Å². The van der Waals surface area contributed by atoms with Crippen molar-refractivity contribution in [3.63, 3.8) is 0 Å². The maximum Gasteiger partial charge on any atom is 0.264 e. The number of hydrogen-bond donors (Lipinski definition) is 4. The van der Waals surface area contributed by atoms with Crippen molar-refractivity contribution < 1.29 is 44.1 Å². The van der Waals surface area contributed by atoms with E-state index in [-0.39, 0.29) is 50.3 Å². The Bertz CT molecular complexity index is 2150. The topological polar surface area (TPSA) is 209 Å². The smallest absolute Gasteiger partial charge is 0.264 e. The number of sulfonamides is 2. The molecule has 263 valence electrons. The van der Waals surface area contributed by atoms with Gasteiger partial charge in [-0.15, -0.1) is 0 Å². The number of benzene rings is 4. The summed E-state index contributed by atoms with van der Waals surface area (Å²) in [5.41, 5.74) is 2.25. The zero-order valence-electron chi connectivity index (χ0n) is 26.2. The van der Waals surface area contributed by atoms with Crippen LogP contribution in [0, 0.1) is 0 Å². The van der Waals surface area contributed by atoms with E-state index in [4.69, 9.17) is 0 Å². The molecule has 0 saturated heterocycles. The first kappa shape index (κ1) is 37.8. The quantitative estimate of drug-likeness (QED) is 0.102. The van der Waals surface area contributed by atoms with Gasteiger partial charge >= 0.3 is 0 Å². The van der Waals surface area contributed by atoms with Crippen LogP contribution in [0.15, 0.2) is 154 Å². The van der Waals surface area contributed by atoms with Crippen LogP contribution in [0.2, 0.25) is 0 Å². The minimum absolute atomic E-state index is 0. The van der Waals surface area contributed by atoms with Crippen LogP contribution in [0.1, 0.15) is 11.1 Å². The van der Waals surface area contributed by atoms with Crippen LogP contribution in [-0.2, 0) is 37.1 Å². The molecule has 0 amide bonds. The van der Waals surface area contributed by atoms with Crippen molar-refractivity contribution in [2.75, 3.05) is 9.44 Å². The summed E-state index contributed by atoms with van der Waals surface area (Å²) in [6.07, 6.45) is 8.80. The number of nitrogens with zero attached hydrogens (tertiary/aromatic N) is 6. The molecule has 0 aliphatic heterocycles. The first-order valence-corrected chi connectivity index (χ1v) is 17.5. The van der Waals surface area contributed by atoms with Crippen LogP contribution >= 0.6 is 0 Å². The zero-order valence-corrected chi connectivity index (χ0v) is 28.8. The Morgan fingerprint density at radius 3 is 1.16 bits per heavy atom. The molecule has 0 saturated carbocycles. The van der Waals surface area contributed by atoms with E-state index in [0.717, 1.165) is 0 Å². The second-order valence-corrected chi connectivity index (χ2v) is 13.3. The molecular weight excluding hydrogens is 744 g/mol. The number of aromatic nitrogens is 4. The van der Waals surface area contributed by atoms with Gasteiger partial charge in [-0.3, -0.25) is 9.98 Å². The maximum atomic E-state index is 12.3. The minimum atomic E-state index is -3.77. The van der Waals surface area contributed by atoms with E-state index in [1.165, 1.54) is 61.5 Å². The Morgan fingerprint density at radius 2 is 0.824 bits per heavy atom. The number of aromatic hydroxyl groups is 2. The van der Waals surface area contributed by atoms with Crippen LogP contribution in [0.25, 0.3) is 0 Å². The number of nitrogens with one attached hydrogen (secondary N) is 2. The molecule has 2 heterocycles. The summed E-state index contributed by atoms with van der Waals surface area (Å²) in [7, 11) is -7.54. The fraction of sp³-hybridized carbons (Fsp3) is 0. The largest absolute Gasteiger partial charge is 0.507 e. The SMILES string of the molecule is O=S(=O)(Nc1ncccn1)c1ccc(N=Cc2ccccc2O)cc1.O=S(=O)(Nc1ncccn1)c1ccc(N=Cc2ccccc2O)cc1.[Cu]. The molecule has 0 atom stereocenters. The molecule has 51 heavy (non-hydrogen) atoms. The zero-order chi connectivity index (χ0) is 35.4. The fourth-order valence-corrected chi connectivity index (χ4v) is 5.88. The van der Waals surface area contributed by atoms with E-state index in [1.807, 2.05) is 0 Å². The molecule has 4 N–H and O–H groups in total. The Morgan fingerprint density at radius 1 is 0.490 bits per heavy atom. The van der Waals surface area contributed by atoms with Gasteiger partial charge in [0.1, 0.15) is 11.5 Å². The summed E-state index contributed by atoms with van der Waals surface area (Å²) < 4.78 is 53.7. The van der Waals surface area contributed by atoms with Crippen molar-refractivity contribution in [2.24, 2.45) is 9.98 Å². The Kier molecular flexibility index (Phi) is 13.0. The third kappa shape index (κ3) is 11.0. The first-order valence-electron chi connectivity index (χ1n) is 14.5. The predicted octanol–water partition coefficient (Wildman–Crippen LogP) is 5.46. The molecule has 1 radical (unpaired) electrons. The molecule has 0 unspecified atom stereocenters. The average molecular weight is 772 g/mol. The second kappa shape index (κ2) is 17.6. The van der Waals surface area contributed by atoms with Gasteiger partial charge in [-0.2, -0.15) is 0 Å². The number of hydrogen-bond acceptors (Lipinski definition) is 12. The molecule has 0 bridgehead atoms. The van der Waals surface area contributed by atoms with Crippen LogP contribution < -0.4 is 9.44 Å². The fourth-order valence-electron chi connectivity index (χ4n) is 3.97. The molecule has 0 spiro atoms. The summed E-state index contributed by atoms with van der Waals surface area (Å²) in [5.74, 6) is 0.253. The number of anilines is 2. The summed E-state index contributed by atoms with van der Waals surface area (Å²) in [6.45, 7) is 0. The molecule has 6 aromatic rings. The second-order valence-electron chi connectivity index (χ2n) is 9.98. The van der Waals surface area contributed by atoms with Gasteiger partial charge in [-0.25, -0.2) is 46.2 Å². The van der Waals surface area contributed by atoms with Crippen LogP contribution in [0.5, 0.6) is 11.5 Å². The summed E-state index contributed by atoms with van der Waals surface area (Å²) in [6, 6.07) is 28.8. The van der Waals surface area contributed by atoms with E-state index >= 15 is 0 Å². The van der Waals surface area contributed by atoms with E-state index in [9.17, 15) is 27.0 Å². The van der Waals surface area contributed by atoms with Crippen molar-refractivity contribution in [2.45, 2.75) is 9.79 Å². The van der Waals surface area contributed by atoms with Crippen molar-refractivity contribution in [1.29, 1.82) is 0 Å². The normalized spacial score (nSPS) is 11.3. The van der Waals surface area contributed by atoms with E-state index in [1.54, 1.807) is 84.9 Å². The van der Waals surface area contributed by atoms with E-state index in [2.05, 4.69) is 39.4 Å². The summed E-state index contributed by atoms with van der Waals surface area (Å²) >= 11 is 0. The Labute approximate surface area is 304 Å². The number of para-hydroxylation sites is 2. The molecular formula is C34H28CuN8O6S2. The Hall–Kier alpha value is -6.00. The third-order valence-electron chi connectivity index (χ3n) is 6.46. The van der Waals surface area contributed by atoms with Gasteiger partial charge in [0.2, 0.25) is 11.9 Å². The molecule has 2 aromatic heterocycles. The van der Waals surface area contributed by atoms with Crippen molar-refractivity contribution >= 4 is 55.7 Å². The number of aliphatic imine (C=N–C) groups is 2. The van der Waals surface area contributed by atoms with Crippen molar-refractivity contribution in [3.8, 4) is 11.5 Å². The van der Waals surface area contributed by atoms with Gasteiger partial charge < -0.3 is 10.2 Å². The first-order chi connectivity index (χ1) is 24.1. The molecule has 0 aliphatic carbocycles. The van der Waals surface area contributed by atoms with Gasteiger partial charge in [0.05, 0.1) is 21.2 Å². The van der Waals surface area contributed by atoms with Crippen LogP contribution in [0.3, 0.4) is 0 Å². The van der Waals surface area contributed by atoms with Gasteiger partial charge in [0.25, 0.3) is 20.0 Å².